The van der Waals surface area contributed by atoms with Gasteiger partial charge in [0.2, 0.25) is 5.43 Å². The Balaban J connectivity index is 0.00000311. The number of nitrogens with one attached hydrogen (secondary N) is 1. The van der Waals surface area contributed by atoms with Crippen molar-refractivity contribution in [2.75, 3.05) is 32.2 Å². The van der Waals surface area contributed by atoms with Crippen molar-refractivity contribution in [2.24, 2.45) is 23.7 Å². The van der Waals surface area contributed by atoms with Crippen molar-refractivity contribution in [2.45, 2.75) is 119 Å². The van der Waals surface area contributed by atoms with Crippen LogP contribution in [0.2, 0.25) is 0 Å². The van der Waals surface area contributed by atoms with E-state index in [9.17, 15) is 34.5 Å². The average molecular weight is 838 g/mol. The molecule has 0 bridgehead atoms. The van der Waals surface area contributed by atoms with Gasteiger partial charge in [-0.1, -0.05) is 26.5 Å². The van der Waals surface area contributed by atoms with Gasteiger partial charge in [0.05, 0.1) is 56.1 Å². The number of phenolic OH excluding ortho intramolecular Hbond substituents is 1. The molecule has 0 aromatic heterocycles. The lowest BCUT2D eigenvalue weighted by atomic mass is 9.77. The Morgan fingerprint density at radius 3 is 1.85 bits per heavy atom. The van der Waals surface area contributed by atoms with E-state index in [1.165, 1.54) is 13.2 Å². The molecule has 5 aromatic carbocycles. The van der Waals surface area contributed by atoms with Crippen molar-refractivity contribution < 1.29 is 39.1 Å². The van der Waals surface area contributed by atoms with E-state index in [4.69, 9.17) is 14.2 Å². The van der Waals surface area contributed by atoms with Gasteiger partial charge < -0.3 is 34.8 Å². The molecule has 5 aromatic rings. The SMILES string of the molecule is C.C.CCOC(=O)C1CCC(CCc2c(O)c3c(=O)cc(CO)c4c5c(CO)cc(NCC6CCC(C(=O)OCC)CC6)c6c(=O)c(OC)c7c(c(c2C=C(C)C7)c34)c65)CC1. The fraction of sp³-hybridized carbons (Fsp3) is 0.520. The number of aliphatic hydroxyl groups excluding tert-OH is 2. The summed E-state index contributed by atoms with van der Waals surface area (Å²) in [5, 5.41) is 42.1. The number of benzene rings is 5. The van der Waals surface area contributed by atoms with E-state index in [1.54, 1.807) is 6.07 Å². The fourth-order valence-electron chi connectivity index (χ4n) is 10.8. The van der Waals surface area contributed by atoms with Gasteiger partial charge in [0.25, 0.3) is 0 Å². The number of hydrogen-bond acceptors (Lipinski definition) is 11. The summed E-state index contributed by atoms with van der Waals surface area (Å²) in [6.07, 6.45) is 10.00. The van der Waals surface area contributed by atoms with Crippen LogP contribution in [0.4, 0.5) is 5.69 Å². The first-order chi connectivity index (χ1) is 28.5. The van der Waals surface area contributed by atoms with Crippen LogP contribution in [-0.4, -0.2) is 54.1 Å². The highest BCUT2D eigenvalue weighted by molar-refractivity contribution is 6.38. The number of anilines is 1. The Hall–Kier alpha value is -5.00. The predicted molar refractivity (Wildman–Crippen MR) is 243 cm³/mol. The Labute approximate surface area is 357 Å². The first-order valence-corrected chi connectivity index (χ1v) is 21.4. The molecule has 2 saturated carbocycles. The van der Waals surface area contributed by atoms with Crippen LogP contribution in [0.5, 0.6) is 11.5 Å². The summed E-state index contributed by atoms with van der Waals surface area (Å²) in [5.74, 6) is 0.186. The Kier molecular flexibility index (Phi) is 13.8. The van der Waals surface area contributed by atoms with Crippen LogP contribution in [0.25, 0.3) is 49.2 Å². The maximum absolute atomic E-state index is 14.9. The van der Waals surface area contributed by atoms with Gasteiger partial charge in [-0.3, -0.25) is 19.2 Å². The Morgan fingerprint density at radius 1 is 0.738 bits per heavy atom. The number of methoxy groups -OCH3 is 1. The van der Waals surface area contributed by atoms with Crippen LogP contribution < -0.4 is 20.9 Å². The molecule has 0 amide bonds. The summed E-state index contributed by atoms with van der Waals surface area (Å²) in [6, 6.07) is 3.17. The van der Waals surface area contributed by atoms with Gasteiger partial charge in [0.15, 0.2) is 11.2 Å². The minimum Gasteiger partial charge on any atom is -0.507 e. The second-order valence-electron chi connectivity index (χ2n) is 17.0. The first-order valence-electron chi connectivity index (χ1n) is 21.4. The number of allylic oxidation sites excluding steroid dienone is 1. The monoisotopic (exact) mass is 837 g/mol. The molecule has 0 saturated heterocycles. The standard InChI is InChI=1S/C48H55NO10.2CH4/c1-5-58-47(55)27-12-7-25(8-13-27)11-16-31-32-17-24(3)18-33-39-38(32)43-37(30(23-51)20-35(52)41(43)44(31)53)36-29(22-50)19-34(40(42(36)39)45(54)46(33)57-4)49-21-26-9-14-28(15-10-26)48(56)59-6-2;;/h17,19-20,25-28,49-51,53H,5-16,18,21-23H2,1-4H3;2*1H4. The van der Waals surface area contributed by atoms with Gasteiger partial charge in [-0.05, 0) is 154 Å². The number of hydrogen-bond donors (Lipinski definition) is 4. The number of esters is 2. The van der Waals surface area contributed by atoms with Crippen molar-refractivity contribution >= 4 is 66.8 Å². The molecule has 2 fully saturated rings. The zero-order valence-corrected chi connectivity index (χ0v) is 34.6. The highest BCUT2D eigenvalue weighted by Gasteiger charge is 2.34. The van der Waals surface area contributed by atoms with Gasteiger partial charge in [-0.2, -0.15) is 0 Å². The summed E-state index contributed by atoms with van der Waals surface area (Å²) >= 11 is 0. The van der Waals surface area contributed by atoms with E-state index >= 15 is 0 Å². The molecule has 11 heteroatoms. The molecule has 0 atom stereocenters. The summed E-state index contributed by atoms with van der Waals surface area (Å²) in [4.78, 5) is 54.0. The minimum absolute atomic E-state index is 0. The number of carbonyl (C=O) groups is 2. The van der Waals surface area contributed by atoms with E-state index in [0.29, 0.717) is 93.4 Å². The number of aromatic hydroxyl groups is 1. The van der Waals surface area contributed by atoms with Crippen LogP contribution in [-0.2, 0) is 45.1 Å². The zero-order valence-electron chi connectivity index (χ0n) is 34.6. The van der Waals surface area contributed by atoms with Crippen molar-refractivity contribution in [3.63, 3.8) is 0 Å². The van der Waals surface area contributed by atoms with Gasteiger partial charge >= 0.3 is 11.9 Å². The molecule has 4 N–H and O–H groups in total. The van der Waals surface area contributed by atoms with E-state index < -0.39 is 12.0 Å². The highest BCUT2D eigenvalue weighted by atomic mass is 16.5. The molecule has 61 heavy (non-hydrogen) atoms. The van der Waals surface area contributed by atoms with Crippen LogP contribution >= 0.6 is 0 Å². The molecule has 11 nitrogen and oxygen atoms in total. The van der Waals surface area contributed by atoms with Crippen LogP contribution in [0.15, 0.2) is 27.3 Å². The van der Waals surface area contributed by atoms with Crippen LogP contribution in [0, 0.1) is 23.7 Å². The molecule has 0 aliphatic heterocycles. The topological polar surface area (TPSA) is 169 Å². The van der Waals surface area contributed by atoms with Crippen LogP contribution in [0.1, 0.15) is 121 Å². The Morgan fingerprint density at radius 2 is 1.30 bits per heavy atom. The number of rotatable bonds is 13. The maximum atomic E-state index is 14.9. The predicted octanol–water partition coefficient (Wildman–Crippen LogP) is 8.91. The minimum atomic E-state index is -0.468. The lowest BCUT2D eigenvalue weighted by molar-refractivity contribution is -0.150. The number of carbonyl (C=O) groups excluding carboxylic acids is 2. The second-order valence-corrected chi connectivity index (χ2v) is 17.0. The van der Waals surface area contributed by atoms with E-state index in [0.717, 1.165) is 79.7 Å². The maximum Gasteiger partial charge on any atom is 0.308 e. The number of fused-ring (bicyclic) bond motifs is 1. The molecular formula is C50H63NO10. The van der Waals surface area contributed by atoms with E-state index in [-0.39, 0.29) is 73.5 Å². The number of ether oxygens (including phenoxy) is 3. The molecule has 0 heterocycles. The van der Waals surface area contributed by atoms with Crippen molar-refractivity contribution in [1.29, 1.82) is 0 Å². The third-order valence-corrected chi connectivity index (χ3v) is 13.6. The first kappa shape index (κ1) is 45.5. The molecule has 3 aliphatic rings. The molecular weight excluding hydrogens is 775 g/mol. The molecule has 0 spiro atoms. The lowest BCUT2D eigenvalue weighted by Gasteiger charge is -2.29. The summed E-state index contributed by atoms with van der Waals surface area (Å²) in [5.41, 5.74) is 3.79. The van der Waals surface area contributed by atoms with Gasteiger partial charge in [-0.15, -0.1) is 0 Å². The quantitative estimate of drug-likeness (QED) is 0.0508. The fourth-order valence-corrected chi connectivity index (χ4v) is 10.8. The number of aliphatic hydroxyl groups is 2. The molecule has 3 aliphatic carbocycles. The summed E-state index contributed by atoms with van der Waals surface area (Å²) in [6.45, 7) is 6.05. The molecule has 0 radical (unpaired) electrons. The van der Waals surface area contributed by atoms with E-state index in [1.807, 2.05) is 20.8 Å². The zero-order chi connectivity index (χ0) is 41.7. The van der Waals surface area contributed by atoms with Crippen molar-refractivity contribution in [3.8, 4) is 11.5 Å². The summed E-state index contributed by atoms with van der Waals surface area (Å²) < 4.78 is 16.6. The van der Waals surface area contributed by atoms with Crippen molar-refractivity contribution in [1.82, 2.24) is 0 Å². The normalized spacial score (nSPS) is 20.0. The molecule has 328 valence electrons. The highest BCUT2D eigenvalue weighted by Crippen LogP contribution is 2.52. The Bertz CT molecular complexity index is 2600. The second kappa shape index (κ2) is 18.5. The lowest BCUT2D eigenvalue weighted by Crippen LogP contribution is -2.27. The van der Waals surface area contributed by atoms with Crippen LogP contribution in [0.3, 0.4) is 0 Å². The van der Waals surface area contributed by atoms with E-state index in [2.05, 4.69) is 11.4 Å². The third kappa shape index (κ3) is 7.77. The van der Waals surface area contributed by atoms with Crippen molar-refractivity contribution in [3.05, 3.63) is 66.0 Å². The van der Waals surface area contributed by atoms with Gasteiger partial charge in [0, 0.05) is 34.1 Å². The van der Waals surface area contributed by atoms with Gasteiger partial charge in [-0.25, -0.2) is 0 Å². The third-order valence-electron chi connectivity index (χ3n) is 13.6. The molecule has 0 unspecified atom stereocenters. The average Bonchev–Trinajstić information content (AvgIpc) is 3.39. The smallest absolute Gasteiger partial charge is 0.308 e. The van der Waals surface area contributed by atoms with Gasteiger partial charge in [0.1, 0.15) is 5.75 Å². The molecule has 8 rings (SSSR count). The summed E-state index contributed by atoms with van der Waals surface area (Å²) in [7, 11) is 1.50. The largest absolute Gasteiger partial charge is 0.507 e. The number of phenols is 1.